The van der Waals surface area contributed by atoms with Gasteiger partial charge < -0.3 is 15.6 Å². The van der Waals surface area contributed by atoms with Gasteiger partial charge in [-0.05, 0) is 75.1 Å². The zero-order valence-corrected chi connectivity index (χ0v) is 17.7. The van der Waals surface area contributed by atoms with E-state index in [1.165, 1.54) is 5.56 Å². The molecule has 180 valence electrons. The second-order valence-electron chi connectivity index (χ2n) is 8.68. The van der Waals surface area contributed by atoms with Gasteiger partial charge in [-0.25, -0.2) is 4.98 Å². The topological polar surface area (TPSA) is 69.8 Å². The van der Waals surface area contributed by atoms with Crippen LogP contribution < -0.4 is 10.6 Å². The first-order chi connectivity index (χ1) is 15.5. The first-order valence-corrected chi connectivity index (χ1v) is 10.9. The molecule has 2 heterocycles. The number of aromatic nitrogens is 2. The van der Waals surface area contributed by atoms with Crippen LogP contribution in [0.3, 0.4) is 0 Å². The zero-order chi connectivity index (χ0) is 23.8. The van der Waals surface area contributed by atoms with Gasteiger partial charge in [0.2, 0.25) is 0 Å². The van der Waals surface area contributed by atoms with Gasteiger partial charge in [0.1, 0.15) is 17.1 Å². The Kier molecular flexibility index (Phi) is 6.32. The van der Waals surface area contributed by atoms with Gasteiger partial charge in [-0.2, -0.15) is 26.3 Å². The molecule has 2 aromatic rings. The molecule has 0 spiro atoms. The van der Waals surface area contributed by atoms with Gasteiger partial charge in [0, 0.05) is 23.5 Å². The predicted octanol–water partition coefficient (Wildman–Crippen LogP) is 5.48. The number of halogens is 6. The second-order valence-corrected chi connectivity index (χ2v) is 8.68. The number of aryl methyl sites for hydroxylation is 2. The fourth-order valence-electron chi connectivity index (χ4n) is 4.51. The van der Waals surface area contributed by atoms with E-state index < -0.39 is 23.7 Å². The molecule has 0 aliphatic heterocycles. The summed E-state index contributed by atoms with van der Waals surface area (Å²) in [6, 6.07) is 2.66. The number of aromatic amines is 1. The number of fused-ring (bicyclic) bond motifs is 1. The van der Waals surface area contributed by atoms with Crippen LogP contribution in [0.2, 0.25) is 0 Å². The summed E-state index contributed by atoms with van der Waals surface area (Å²) in [5.74, 6) is -0.195. The lowest BCUT2D eigenvalue weighted by atomic mass is 9.91. The van der Waals surface area contributed by atoms with Crippen molar-refractivity contribution < 1.29 is 31.1 Å². The SMILES string of the molecule is O=C(N[C@H]1CC[C@@H](Nc2cc(C(F)(F)F)nc(C(F)(F)F)c2)CC1)c1cc2c([nH]1)CCCC2. The number of nitrogens with one attached hydrogen (secondary N) is 3. The average Bonchev–Trinajstić information content (AvgIpc) is 3.18. The van der Waals surface area contributed by atoms with Crippen LogP contribution in [0.4, 0.5) is 32.0 Å². The summed E-state index contributed by atoms with van der Waals surface area (Å²) in [6.07, 6.45) is -3.77. The quantitative estimate of drug-likeness (QED) is 0.514. The van der Waals surface area contributed by atoms with Gasteiger partial charge in [-0.1, -0.05) is 0 Å². The molecule has 1 fully saturated rings. The molecule has 1 saturated carbocycles. The fraction of sp³-hybridized carbons (Fsp3) is 0.545. The van der Waals surface area contributed by atoms with E-state index in [0.717, 1.165) is 31.4 Å². The van der Waals surface area contributed by atoms with Crippen molar-refractivity contribution in [2.24, 2.45) is 0 Å². The lowest BCUT2D eigenvalue weighted by molar-refractivity contribution is -0.150. The van der Waals surface area contributed by atoms with Crippen molar-refractivity contribution >= 4 is 11.6 Å². The zero-order valence-electron chi connectivity index (χ0n) is 17.7. The molecule has 3 N–H and O–H groups in total. The van der Waals surface area contributed by atoms with Crippen molar-refractivity contribution in [1.29, 1.82) is 0 Å². The summed E-state index contributed by atoms with van der Waals surface area (Å²) >= 11 is 0. The molecule has 0 radical (unpaired) electrons. The number of hydrogen-bond donors (Lipinski definition) is 3. The number of amides is 1. The number of H-pyrrole nitrogens is 1. The van der Waals surface area contributed by atoms with E-state index in [2.05, 4.69) is 20.6 Å². The van der Waals surface area contributed by atoms with Crippen LogP contribution in [-0.4, -0.2) is 28.0 Å². The normalized spacial score (nSPS) is 21.4. The number of carbonyl (C=O) groups excluding carboxylic acids is 1. The molecule has 11 heteroatoms. The van der Waals surface area contributed by atoms with Gasteiger partial charge in [-0.3, -0.25) is 4.79 Å². The van der Waals surface area contributed by atoms with Crippen LogP contribution in [0.1, 0.15) is 71.7 Å². The molecule has 4 rings (SSSR count). The first-order valence-electron chi connectivity index (χ1n) is 10.9. The Labute approximate surface area is 186 Å². The van der Waals surface area contributed by atoms with E-state index in [1.807, 2.05) is 6.07 Å². The highest BCUT2D eigenvalue weighted by atomic mass is 19.4. The Hall–Kier alpha value is -2.72. The minimum atomic E-state index is -4.99. The number of pyridine rings is 1. The van der Waals surface area contributed by atoms with E-state index >= 15 is 0 Å². The smallest absolute Gasteiger partial charge is 0.382 e. The third-order valence-corrected chi connectivity index (χ3v) is 6.20. The van der Waals surface area contributed by atoms with Gasteiger partial charge in [0.15, 0.2) is 0 Å². The van der Waals surface area contributed by atoms with Crippen LogP contribution in [0.25, 0.3) is 0 Å². The molecule has 2 aliphatic carbocycles. The standard InChI is InChI=1S/C22H24F6N4O/c23-21(24,25)18-10-15(11-19(32-18)22(26,27)28)29-13-5-7-14(8-6-13)30-20(33)17-9-12-3-1-2-4-16(12)31-17/h9-11,13-14,31H,1-8H2,(H,29,32)(H,30,33)/t13-,14+. The molecule has 2 aliphatic rings. The minimum absolute atomic E-state index is 0.107. The highest BCUT2D eigenvalue weighted by Crippen LogP contribution is 2.35. The molecule has 0 bridgehead atoms. The maximum atomic E-state index is 13.0. The first kappa shape index (κ1) is 23.4. The Morgan fingerprint density at radius 3 is 2.03 bits per heavy atom. The number of anilines is 1. The molecular formula is C22H24F6N4O. The maximum absolute atomic E-state index is 13.0. The number of hydrogen-bond acceptors (Lipinski definition) is 3. The van der Waals surface area contributed by atoms with Crippen molar-refractivity contribution in [3.8, 4) is 0 Å². The molecule has 0 atom stereocenters. The molecule has 0 aromatic carbocycles. The highest BCUT2D eigenvalue weighted by molar-refractivity contribution is 5.93. The van der Waals surface area contributed by atoms with Crippen molar-refractivity contribution in [2.45, 2.75) is 75.8 Å². The molecule has 33 heavy (non-hydrogen) atoms. The maximum Gasteiger partial charge on any atom is 0.433 e. The van der Waals surface area contributed by atoms with Crippen molar-refractivity contribution in [3.63, 3.8) is 0 Å². The summed E-state index contributed by atoms with van der Waals surface area (Å²) in [5, 5.41) is 5.77. The number of carbonyl (C=O) groups is 1. The highest BCUT2D eigenvalue weighted by Gasteiger charge is 2.39. The second kappa shape index (κ2) is 8.90. The number of alkyl halides is 6. The van der Waals surface area contributed by atoms with Crippen molar-refractivity contribution in [3.05, 3.63) is 46.5 Å². The van der Waals surface area contributed by atoms with Crippen LogP contribution in [0, 0.1) is 0 Å². The molecular weight excluding hydrogens is 450 g/mol. The Balaban J connectivity index is 1.35. The predicted molar refractivity (Wildman–Crippen MR) is 109 cm³/mol. The van der Waals surface area contributed by atoms with E-state index in [4.69, 9.17) is 0 Å². The Morgan fingerprint density at radius 1 is 0.879 bits per heavy atom. The monoisotopic (exact) mass is 474 g/mol. The van der Waals surface area contributed by atoms with E-state index in [1.54, 1.807) is 0 Å². The minimum Gasteiger partial charge on any atom is -0.382 e. The lowest BCUT2D eigenvalue weighted by Crippen LogP contribution is -2.40. The molecule has 5 nitrogen and oxygen atoms in total. The Bertz CT molecular complexity index is 950. The molecule has 2 aromatic heterocycles. The van der Waals surface area contributed by atoms with Crippen LogP contribution >= 0.6 is 0 Å². The summed E-state index contributed by atoms with van der Waals surface area (Å²) in [4.78, 5) is 18.5. The van der Waals surface area contributed by atoms with E-state index in [-0.39, 0.29) is 23.7 Å². The third kappa shape index (κ3) is 5.62. The summed E-state index contributed by atoms with van der Waals surface area (Å²) < 4.78 is 78.0. The van der Waals surface area contributed by atoms with Crippen LogP contribution in [0.15, 0.2) is 18.2 Å². The largest absolute Gasteiger partial charge is 0.433 e. The van der Waals surface area contributed by atoms with E-state index in [0.29, 0.717) is 43.5 Å². The Morgan fingerprint density at radius 2 is 1.45 bits per heavy atom. The van der Waals surface area contributed by atoms with Crippen LogP contribution in [-0.2, 0) is 25.2 Å². The van der Waals surface area contributed by atoms with Gasteiger partial charge in [0.05, 0.1) is 0 Å². The summed E-state index contributed by atoms with van der Waals surface area (Å²) in [7, 11) is 0. The van der Waals surface area contributed by atoms with Crippen LogP contribution in [0.5, 0.6) is 0 Å². The average molecular weight is 474 g/mol. The van der Waals surface area contributed by atoms with Gasteiger partial charge in [0.25, 0.3) is 5.91 Å². The number of nitrogens with zero attached hydrogens (tertiary/aromatic N) is 1. The molecule has 0 saturated heterocycles. The van der Waals surface area contributed by atoms with Gasteiger partial charge >= 0.3 is 12.4 Å². The molecule has 0 unspecified atom stereocenters. The van der Waals surface area contributed by atoms with E-state index in [9.17, 15) is 31.1 Å². The fourth-order valence-corrected chi connectivity index (χ4v) is 4.51. The third-order valence-electron chi connectivity index (χ3n) is 6.20. The van der Waals surface area contributed by atoms with Gasteiger partial charge in [-0.15, -0.1) is 0 Å². The summed E-state index contributed by atoms with van der Waals surface area (Å²) in [5.41, 5.74) is -0.641. The summed E-state index contributed by atoms with van der Waals surface area (Å²) in [6.45, 7) is 0. The number of rotatable bonds is 4. The van der Waals surface area contributed by atoms with Crippen molar-refractivity contribution in [2.75, 3.05) is 5.32 Å². The molecule has 1 amide bonds. The van der Waals surface area contributed by atoms with Crippen molar-refractivity contribution in [1.82, 2.24) is 15.3 Å². The lowest BCUT2D eigenvalue weighted by Gasteiger charge is -2.30.